The Hall–Kier alpha value is -1.95. The van der Waals surface area contributed by atoms with E-state index in [0.717, 1.165) is 12.1 Å². The highest BCUT2D eigenvalue weighted by Gasteiger charge is 2.20. The van der Waals surface area contributed by atoms with Crippen molar-refractivity contribution in [1.29, 1.82) is 0 Å². The lowest BCUT2D eigenvalue weighted by Crippen LogP contribution is -2.15. The Morgan fingerprint density at radius 3 is 3.16 bits per heavy atom. The fourth-order valence-electron chi connectivity index (χ4n) is 1.86. The van der Waals surface area contributed by atoms with E-state index in [1.807, 2.05) is 6.20 Å². The SMILES string of the molecule is CCOC(=O)c1cc2ncc(CNC3CC3)cn2n1. The minimum Gasteiger partial charge on any atom is -0.461 e. The molecule has 0 saturated heterocycles. The Morgan fingerprint density at radius 1 is 1.58 bits per heavy atom. The summed E-state index contributed by atoms with van der Waals surface area (Å²) in [5, 5.41) is 7.60. The molecule has 0 spiro atoms. The minimum atomic E-state index is -0.411. The van der Waals surface area contributed by atoms with Crippen LogP contribution in [0.4, 0.5) is 0 Å². The van der Waals surface area contributed by atoms with E-state index >= 15 is 0 Å². The first kappa shape index (κ1) is 12.1. The largest absolute Gasteiger partial charge is 0.461 e. The molecule has 0 atom stereocenters. The molecule has 1 N–H and O–H groups in total. The molecule has 0 unspecified atom stereocenters. The standard InChI is InChI=1S/C13H16N4O2/c1-2-19-13(18)11-5-12-15-7-9(8-17(12)16-11)6-14-10-3-4-10/h5,7-8,10,14H,2-4,6H2,1H3. The molecule has 19 heavy (non-hydrogen) atoms. The second-order valence-corrected chi connectivity index (χ2v) is 4.67. The summed E-state index contributed by atoms with van der Waals surface area (Å²) in [6.45, 7) is 2.90. The maximum absolute atomic E-state index is 11.6. The fourth-order valence-corrected chi connectivity index (χ4v) is 1.86. The fraction of sp³-hybridized carbons (Fsp3) is 0.462. The Kier molecular flexibility index (Phi) is 3.16. The highest BCUT2D eigenvalue weighted by atomic mass is 16.5. The average molecular weight is 260 g/mol. The summed E-state index contributed by atoms with van der Waals surface area (Å²) in [7, 11) is 0. The molecule has 1 aliphatic rings. The number of hydrogen-bond donors (Lipinski definition) is 1. The van der Waals surface area contributed by atoms with Gasteiger partial charge in [0.2, 0.25) is 0 Å². The third-order valence-electron chi connectivity index (χ3n) is 3.02. The number of aromatic nitrogens is 3. The van der Waals surface area contributed by atoms with Crippen LogP contribution in [0.25, 0.3) is 5.65 Å². The second-order valence-electron chi connectivity index (χ2n) is 4.67. The van der Waals surface area contributed by atoms with Crippen molar-refractivity contribution in [2.24, 2.45) is 0 Å². The quantitative estimate of drug-likeness (QED) is 0.817. The van der Waals surface area contributed by atoms with Crippen LogP contribution >= 0.6 is 0 Å². The number of hydrogen-bond acceptors (Lipinski definition) is 5. The smallest absolute Gasteiger partial charge is 0.358 e. The van der Waals surface area contributed by atoms with Gasteiger partial charge in [0.1, 0.15) is 0 Å². The van der Waals surface area contributed by atoms with Gasteiger partial charge in [-0.2, -0.15) is 5.10 Å². The van der Waals surface area contributed by atoms with Crippen LogP contribution in [0.15, 0.2) is 18.5 Å². The molecule has 1 fully saturated rings. The van der Waals surface area contributed by atoms with Gasteiger partial charge in [0.15, 0.2) is 11.3 Å². The Labute approximate surface area is 110 Å². The molecule has 6 nitrogen and oxygen atoms in total. The molecule has 0 radical (unpaired) electrons. The number of carbonyl (C=O) groups excluding carboxylic acids is 1. The van der Waals surface area contributed by atoms with Gasteiger partial charge < -0.3 is 10.1 Å². The van der Waals surface area contributed by atoms with Gasteiger partial charge in [0, 0.05) is 36.6 Å². The molecule has 2 aromatic rings. The minimum absolute atomic E-state index is 0.293. The van der Waals surface area contributed by atoms with Crippen LogP contribution in [0, 0.1) is 0 Å². The molecule has 2 aromatic heterocycles. The Balaban J connectivity index is 1.79. The van der Waals surface area contributed by atoms with Crippen LogP contribution < -0.4 is 5.32 Å². The van der Waals surface area contributed by atoms with Crippen molar-refractivity contribution in [2.75, 3.05) is 6.61 Å². The highest BCUT2D eigenvalue weighted by molar-refractivity contribution is 5.88. The van der Waals surface area contributed by atoms with Crippen LogP contribution in [0.2, 0.25) is 0 Å². The molecule has 0 aromatic carbocycles. The number of esters is 1. The van der Waals surface area contributed by atoms with Gasteiger partial charge >= 0.3 is 5.97 Å². The lowest BCUT2D eigenvalue weighted by Gasteiger charge is -2.02. The van der Waals surface area contributed by atoms with Crippen molar-refractivity contribution >= 4 is 11.6 Å². The van der Waals surface area contributed by atoms with Crippen LogP contribution in [-0.2, 0) is 11.3 Å². The highest BCUT2D eigenvalue weighted by Crippen LogP contribution is 2.19. The van der Waals surface area contributed by atoms with E-state index in [1.54, 1.807) is 23.7 Å². The maximum atomic E-state index is 11.6. The van der Waals surface area contributed by atoms with Crippen molar-refractivity contribution in [3.8, 4) is 0 Å². The van der Waals surface area contributed by atoms with Crippen molar-refractivity contribution in [3.05, 3.63) is 29.7 Å². The van der Waals surface area contributed by atoms with E-state index in [2.05, 4.69) is 15.4 Å². The molecular weight excluding hydrogens is 244 g/mol. The van der Waals surface area contributed by atoms with Crippen LogP contribution in [0.3, 0.4) is 0 Å². The monoisotopic (exact) mass is 260 g/mol. The van der Waals surface area contributed by atoms with E-state index in [9.17, 15) is 4.79 Å². The normalized spacial score (nSPS) is 14.8. The topological polar surface area (TPSA) is 68.5 Å². The molecule has 1 saturated carbocycles. The lowest BCUT2D eigenvalue weighted by atomic mass is 10.3. The van der Waals surface area contributed by atoms with E-state index in [0.29, 0.717) is 24.0 Å². The van der Waals surface area contributed by atoms with Crippen molar-refractivity contribution in [3.63, 3.8) is 0 Å². The molecule has 6 heteroatoms. The predicted molar refractivity (Wildman–Crippen MR) is 68.8 cm³/mol. The second kappa shape index (κ2) is 4.97. The van der Waals surface area contributed by atoms with Gasteiger partial charge in [-0.1, -0.05) is 0 Å². The predicted octanol–water partition coefficient (Wildman–Crippen LogP) is 1.16. The average Bonchev–Trinajstić information content (AvgIpc) is 3.14. The van der Waals surface area contributed by atoms with Gasteiger partial charge in [0.25, 0.3) is 0 Å². The molecule has 1 aliphatic carbocycles. The number of nitrogens with one attached hydrogen (secondary N) is 1. The van der Waals surface area contributed by atoms with E-state index in [-0.39, 0.29) is 0 Å². The summed E-state index contributed by atoms with van der Waals surface area (Å²) >= 11 is 0. The van der Waals surface area contributed by atoms with E-state index in [4.69, 9.17) is 4.74 Å². The van der Waals surface area contributed by atoms with Crippen LogP contribution in [0.1, 0.15) is 35.8 Å². The van der Waals surface area contributed by atoms with Crippen LogP contribution in [0.5, 0.6) is 0 Å². The molecule has 0 aliphatic heterocycles. The zero-order valence-electron chi connectivity index (χ0n) is 10.8. The summed E-state index contributed by atoms with van der Waals surface area (Å²) < 4.78 is 6.54. The Morgan fingerprint density at radius 2 is 2.42 bits per heavy atom. The Bertz CT molecular complexity index is 604. The number of fused-ring (bicyclic) bond motifs is 1. The number of rotatable bonds is 5. The van der Waals surface area contributed by atoms with Gasteiger partial charge in [-0.05, 0) is 19.8 Å². The first-order valence-corrected chi connectivity index (χ1v) is 6.51. The molecule has 2 heterocycles. The van der Waals surface area contributed by atoms with Crippen LogP contribution in [-0.4, -0.2) is 33.2 Å². The summed E-state index contributed by atoms with van der Waals surface area (Å²) in [5.74, 6) is -0.411. The summed E-state index contributed by atoms with van der Waals surface area (Å²) in [6.07, 6.45) is 6.21. The molecular formula is C13H16N4O2. The molecule has 0 bridgehead atoms. The summed E-state index contributed by atoms with van der Waals surface area (Å²) in [4.78, 5) is 15.9. The molecule has 0 amide bonds. The zero-order valence-corrected chi connectivity index (χ0v) is 10.8. The number of nitrogens with zero attached hydrogens (tertiary/aromatic N) is 3. The van der Waals surface area contributed by atoms with Gasteiger partial charge in [-0.3, -0.25) is 0 Å². The first-order chi connectivity index (χ1) is 9.26. The van der Waals surface area contributed by atoms with Gasteiger partial charge in [0.05, 0.1) is 6.61 Å². The lowest BCUT2D eigenvalue weighted by molar-refractivity contribution is 0.0519. The van der Waals surface area contributed by atoms with Crippen molar-refractivity contribution in [1.82, 2.24) is 19.9 Å². The van der Waals surface area contributed by atoms with E-state index in [1.165, 1.54) is 12.8 Å². The first-order valence-electron chi connectivity index (χ1n) is 6.51. The molecule has 3 rings (SSSR count). The van der Waals surface area contributed by atoms with Crippen molar-refractivity contribution < 1.29 is 9.53 Å². The number of ether oxygens (including phenoxy) is 1. The summed E-state index contributed by atoms with van der Waals surface area (Å²) in [6, 6.07) is 2.29. The number of carbonyl (C=O) groups is 1. The maximum Gasteiger partial charge on any atom is 0.358 e. The van der Waals surface area contributed by atoms with Crippen molar-refractivity contribution in [2.45, 2.75) is 32.4 Å². The third kappa shape index (κ3) is 2.73. The summed E-state index contributed by atoms with van der Waals surface area (Å²) in [5.41, 5.74) is 2.00. The third-order valence-corrected chi connectivity index (χ3v) is 3.02. The molecule has 100 valence electrons. The van der Waals surface area contributed by atoms with E-state index < -0.39 is 5.97 Å². The van der Waals surface area contributed by atoms with Gasteiger partial charge in [-0.15, -0.1) is 0 Å². The zero-order chi connectivity index (χ0) is 13.2. The van der Waals surface area contributed by atoms with Gasteiger partial charge in [-0.25, -0.2) is 14.3 Å².